The molecule has 0 aromatic carbocycles. The summed E-state index contributed by atoms with van der Waals surface area (Å²) < 4.78 is 0. The van der Waals surface area contributed by atoms with Crippen molar-refractivity contribution in [3.05, 3.63) is 0 Å². The first kappa shape index (κ1) is 11.1. The molecule has 76 valence electrons. The average molecular weight is 181 g/mol. The van der Waals surface area contributed by atoms with Crippen LogP contribution in [-0.4, -0.2) is 13.7 Å². The van der Waals surface area contributed by atoms with Crippen LogP contribution in [0.15, 0.2) is 0 Å². The lowest BCUT2D eigenvalue weighted by atomic mass is 9.60. The smallest absolute Gasteiger partial charge is 0.140 e. The monoisotopic (exact) mass is 181 g/mol. The van der Waals surface area contributed by atoms with Crippen LogP contribution in [0, 0.1) is 0 Å². The van der Waals surface area contributed by atoms with Crippen LogP contribution in [0.25, 0.3) is 0 Å². The van der Waals surface area contributed by atoms with Crippen LogP contribution in [-0.2, 0) is 0 Å². The minimum absolute atomic E-state index is 0.894. The Hall–Kier alpha value is 0.0249. The highest BCUT2D eigenvalue weighted by molar-refractivity contribution is 6.37. The Balaban J connectivity index is 2.18. The molecule has 2 heteroatoms. The van der Waals surface area contributed by atoms with E-state index >= 15 is 0 Å². The van der Waals surface area contributed by atoms with Crippen molar-refractivity contribution in [1.29, 1.82) is 0 Å². The molecule has 0 aromatic rings. The second-order valence-electron chi connectivity index (χ2n) is 4.50. The second kappa shape index (κ2) is 7.43. The van der Waals surface area contributed by atoms with E-state index in [9.17, 15) is 0 Å². The van der Waals surface area contributed by atoms with E-state index < -0.39 is 0 Å². The molecule has 1 rings (SSSR count). The Bertz CT molecular complexity index is 107. The highest BCUT2D eigenvalue weighted by Crippen LogP contribution is 2.24. The Morgan fingerprint density at radius 1 is 0.846 bits per heavy atom. The predicted octanol–water partition coefficient (Wildman–Crippen LogP) is 2.65. The number of hydrogen-bond acceptors (Lipinski definition) is 1. The van der Waals surface area contributed by atoms with Gasteiger partial charge in [-0.1, -0.05) is 63.6 Å². The molecule has 0 aliphatic heterocycles. The van der Waals surface area contributed by atoms with Crippen molar-refractivity contribution >= 4 is 7.28 Å². The first-order chi connectivity index (χ1) is 6.43. The fourth-order valence-electron chi connectivity index (χ4n) is 2.42. The van der Waals surface area contributed by atoms with Gasteiger partial charge in [-0.25, -0.2) is 0 Å². The van der Waals surface area contributed by atoms with Gasteiger partial charge in [0.1, 0.15) is 7.28 Å². The van der Waals surface area contributed by atoms with Crippen molar-refractivity contribution in [1.82, 2.24) is 0 Å². The third-order valence-electron chi connectivity index (χ3n) is 3.30. The summed E-state index contributed by atoms with van der Waals surface area (Å²) in [6, 6.07) is 0. The molecule has 1 aliphatic carbocycles. The van der Waals surface area contributed by atoms with Crippen molar-refractivity contribution in [3.63, 3.8) is 0 Å². The van der Waals surface area contributed by atoms with Gasteiger partial charge in [0.15, 0.2) is 0 Å². The normalized spacial score (nSPS) is 22.5. The van der Waals surface area contributed by atoms with Crippen molar-refractivity contribution < 1.29 is 0 Å². The summed E-state index contributed by atoms with van der Waals surface area (Å²) in [5, 5.41) is 0. The third kappa shape index (κ3) is 5.35. The van der Waals surface area contributed by atoms with E-state index in [0.29, 0.717) is 0 Å². The minimum Gasteiger partial charge on any atom is -0.338 e. The molecule has 0 radical (unpaired) electrons. The number of hydrogen-bond donors (Lipinski definition) is 1. The molecule has 0 heterocycles. The van der Waals surface area contributed by atoms with E-state index in [1.54, 1.807) is 0 Å². The molecule has 0 aromatic heterocycles. The Morgan fingerprint density at radius 3 is 1.77 bits per heavy atom. The van der Waals surface area contributed by atoms with Crippen LogP contribution in [0.5, 0.6) is 0 Å². The Labute approximate surface area is 83.7 Å². The van der Waals surface area contributed by atoms with E-state index in [1.165, 1.54) is 65.1 Å². The van der Waals surface area contributed by atoms with Gasteiger partial charge in [0.25, 0.3) is 0 Å². The van der Waals surface area contributed by atoms with Gasteiger partial charge in [-0.3, -0.25) is 0 Å². The highest BCUT2D eigenvalue weighted by Gasteiger charge is 2.09. The summed E-state index contributed by atoms with van der Waals surface area (Å²) in [4.78, 5) is 0. The van der Waals surface area contributed by atoms with Crippen LogP contribution in [0.2, 0.25) is 5.82 Å². The molecular weight excluding hydrogens is 157 g/mol. The molecule has 0 saturated heterocycles. The summed E-state index contributed by atoms with van der Waals surface area (Å²) in [5.41, 5.74) is 5.62. The molecule has 1 fully saturated rings. The van der Waals surface area contributed by atoms with E-state index in [-0.39, 0.29) is 0 Å². The molecule has 2 N–H and O–H groups in total. The lowest BCUT2D eigenvalue weighted by molar-refractivity contribution is 0.502. The minimum atomic E-state index is 0.894. The Morgan fingerprint density at radius 2 is 1.31 bits per heavy atom. The zero-order valence-corrected chi connectivity index (χ0v) is 8.93. The fourth-order valence-corrected chi connectivity index (χ4v) is 2.42. The zero-order valence-electron chi connectivity index (χ0n) is 8.93. The fraction of sp³-hybridized carbons (Fsp3) is 1.00. The van der Waals surface area contributed by atoms with Crippen molar-refractivity contribution in [2.45, 2.75) is 63.6 Å². The lowest BCUT2D eigenvalue weighted by Crippen LogP contribution is -2.15. The van der Waals surface area contributed by atoms with Gasteiger partial charge in [0.2, 0.25) is 0 Å². The quantitative estimate of drug-likeness (QED) is 0.651. The van der Waals surface area contributed by atoms with E-state index in [1.807, 2.05) is 0 Å². The van der Waals surface area contributed by atoms with Gasteiger partial charge in [-0.05, 0) is 6.44 Å². The summed E-state index contributed by atoms with van der Waals surface area (Å²) in [7, 11) is 1.26. The molecule has 1 aliphatic rings. The average Bonchev–Trinajstić information content (AvgIpc) is 2.16. The maximum atomic E-state index is 5.62. The van der Waals surface area contributed by atoms with Gasteiger partial charge >= 0.3 is 0 Å². The van der Waals surface area contributed by atoms with Crippen molar-refractivity contribution in [2.24, 2.45) is 5.73 Å². The predicted molar refractivity (Wildman–Crippen MR) is 61.5 cm³/mol. The van der Waals surface area contributed by atoms with Crippen LogP contribution in [0.3, 0.4) is 0 Å². The van der Waals surface area contributed by atoms with Crippen molar-refractivity contribution in [3.8, 4) is 0 Å². The molecule has 0 unspecified atom stereocenters. The maximum Gasteiger partial charge on any atom is 0.140 e. The Kier molecular flexibility index (Phi) is 6.35. The van der Waals surface area contributed by atoms with Gasteiger partial charge in [-0.15, -0.1) is 0 Å². The first-order valence-corrected chi connectivity index (χ1v) is 6.13. The van der Waals surface area contributed by atoms with E-state index in [4.69, 9.17) is 5.73 Å². The summed E-state index contributed by atoms with van der Waals surface area (Å²) in [6.45, 7) is 0. The van der Waals surface area contributed by atoms with Crippen molar-refractivity contribution in [2.75, 3.05) is 6.44 Å². The van der Waals surface area contributed by atoms with Gasteiger partial charge in [-0.2, -0.15) is 0 Å². The summed E-state index contributed by atoms with van der Waals surface area (Å²) in [5.74, 6) is 0.947. The summed E-state index contributed by atoms with van der Waals surface area (Å²) in [6.07, 6.45) is 14.0. The number of nitrogens with two attached hydrogens (primary N) is 1. The van der Waals surface area contributed by atoms with Crippen LogP contribution in [0.4, 0.5) is 0 Å². The molecule has 0 spiro atoms. The summed E-state index contributed by atoms with van der Waals surface area (Å²) >= 11 is 0. The SMILES string of the molecule is NCBC1CCCCCCCCC1. The molecule has 0 atom stereocenters. The lowest BCUT2D eigenvalue weighted by Gasteiger charge is -2.16. The first-order valence-electron chi connectivity index (χ1n) is 6.13. The zero-order chi connectivity index (χ0) is 9.36. The van der Waals surface area contributed by atoms with Gasteiger partial charge in [0.05, 0.1) is 0 Å². The van der Waals surface area contributed by atoms with Gasteiger partial charge < -0.3 is 5.73 Å². The molecule has 0 amide bonds. The standard InChI is InChI=1S/C11H24BN/c13-10-12-11-8-6-4-2-1-3-5-7-9-11/h11-12H,1-10,13H2. The topological polar surface area (TPSA) is 26.0 Å². The van der Waals surface area contributed by atoms with E-state index in [2.05, 4.69) is 0 Å². The van der Waals surface area contributed by atoms with Gasteiger partial charge in [0, 0.05) is 0 Å². The molecule has 0 bridgehead atoms. The van der Waals surface area contributed by atoms with E-state index in [0.717, 1.165) is 12.3 Å². The second-order valence-corrected chi connectivity index (χ2v) is 4.50. The third-order valence-corrected chi connectivity index (χ3v) is 3.30. The largest absolute Gasteiger partial charge is 0.338 e. The molecule has 13 heavy (non-hydrogen) atoms. The molecule has 1 saturated carbocycles. The molecule has 1 nitrogen and oxygen atoms in total. The maximum absolute atomic E-state index is 5.62. The number of rotatable bonds is 2. The highest BCUT2D eigenvalue weighted by atomic mass is 14.5. The van der Waals surface area contributed by atoms with Crippen LogP contribution in [0.1, 0.15) is 57.8 Å². The molecular formula is C11H24BN. The van der Waals surface area contributed by atoms with Crippen LogP contribution < -0.4 is 5.73 Å². The van der Waals surface area contributed by atoms with Crippen LogP contribution >= 0.6 is 0 Å².